The molecule has 0 saturated carbocycles. The minimum absolute atomic E-state index is 0.0685. The van der Waals surface area contributed by atoms with Gasteiger partial charge < -0.3 is 9.47 Å². The van der Waals surface area contributed by atoms with Crippen LogP contribution in [0.5, 0.6) is 11.5 Å². The molecule has 37 heavy (non-hydrogen) atoms. The van der Waals surface area contributed by atoms with Gasteiger partial charge in [0.15, 0.2) is 0 Å². The lowest BCUT2D eigenvalue weighted by Gasteiger charge is -2.19. The molecule has 0 atom stereocenters. The number of rotatable bonds is 17. The first-order valence-electron chi connectivity index (χ1n) is 13.6. The maximum absolute atomic E-state index is 11.7. The van der Waals surface area contributed by atoms with E-state index in [1.807, 2.05) is 32.9 Å². The fourth-order valence-electron chi connectivity index (χ4n) is 4.14. The minimum Gasteiger partial charge on any atom is -0.460 e. The van der Waals surface area contributed by atoms with Crippen LogP contribution in [-0.4, -0.2) is 20.0 Å². The van der Waals surface area contributed by atoms with Crippen LogP contribution in [0, 0.1) is 0 Å². The maximum atomic E-state index is 11.7. The number of sulfonamides is 1. The molecule has 0 aliphatic rings. The molecule has 6 nitrogen and oxygen atoms in total. The van der Waals surface area contributed by atoms with Crippen molar-refractivity contribution in [3.8, 4) is 11.5 Å². The van der Waals surface area contributed by atoms with Gasteiger partial charge in [-0.1, -0.05) is 69.9 Å². The molecular formula is C30H45NO5S. The third-order valence-corrected chi connectivity index (χ3v) is 7.01. The van der Waals surface area contributed by atoms with Crippen LogP contribution in [0.15, 0.2) is 53.4 Å². The van der Waals surface area contributed by atoms with Crippen molar-refractivity contribution in [3.05, 3.63) is 54.1 Å². The topological polar surface area (TPSA) is 95.7 Å². The van der Waals surface area contributed by atoms with Crippen molar-refractivity contribution in [1.82, 2.24) is 0 Å². The monoisotopic (exact) mass is 531 g/mol. The fourth-order valence-corrected chi connectivity index (χ4v) is 4.66. The number of aryl methyl sites for hydroxylation is 1. The molecule has 0 spiro atoms. The Morgan fingerprint density at radius 3 is 1.59 bits per heavy atom. The number of esters is 1. The van der Waals surface area contributed by atoms with Crippen LogP contribution < -0.4 is 9.88 Å². The summed E-state index contributed by atoms with van der Waals surface area (Å²) in [5.41, 5.74) is 0.916. The van der Waals surface area contributed by atoms with Gasteiger partial charge in [0.2, 0.25) is 10.0 Å². The Morgan fingerprint density at radius 2 is 1.14 bits per heavy atom. The quantitative estimate of drug-likeness (QED) is 0.167. The van der Waals surface area contributed by atoms with Crippen LogP contribution in [0.3, 0.4) is 0 Å². The number of ether oxygens (including phenoxy) is 2. The Balaban J connectivity index is 1.46. The van der Waals surface area contributed by atoms with E-state index in [0.717, 1.165) is 25.0 Å². The second kappa shape index (κ2) is 15.8. The second-order valence-electron chi connectivity index (χ2n) is 10.7. The number of carbonyl (C=O) groups is 1. The molecule has 0 fully saturated rings. The van der Waals surface area contributed by atoms with Gasteiger partial charge in [-0.3, -0.25) is 4.79 Å². The van der Waals surface area contributed by atoms with Crippen molar-refractivity contribution in [3.63, 3.8) is 0 Å². The average molecular weight is 532 g/mol. The van der Waals surface area contributed by atoms with E-state index in [4.69, 9.17) is 14.6 Å². The molecule has 0 amide bonds. The zero-order valence-corrected chi connectivity index (χ0v) is 23.7. The molecule has 0 bridgehead atoms. The van der Waals surface area contributed by atoms with Crippen molar-refractivity contribution >= 4 is 16.0 Å². The van der Waals surface area contributed by atoms with Gasteiger partial charge in [0.1, 0.15) is 17.1 Å². The summed E-state index contributed by atoms with van der Waals surface area (Å²) in [5, 5.41) is 5.12. The highest BCUT2D eigenvalue weighted by Gasteiger charge is 2.15. The molecule has 0 unspecified atom stereocenters. The number of hydrogen-bond acceptors (Lipinski definition) is 5. The molecule has 0 radical (unpaired) electrons. The Morgan fingerprint density at radius 1 is 0.703 bits per heavy atom. The lowest BCUT2D eigenvalue weighted by atomic mass is 10.0. The molecular weight excluding hydrogens is 486 g/mol. The third-order valence-electron chi connectivity index (χ3n) is 6.08. The first-order chi connectivity index (χ1) is 17.5. The smallest absolute Gasteiger partial charge is 0.306 e. The van der Waals surface area contributed by atoms with Gasteiger partial charge in [-0.2, -0.15) is 0 Å². The van der Waals surface area contributed by atoms with E-state index >= 15 is 0 Å². The lowest BCUT2D eigenvalue weighted by Crippen LogP contribution is -2.23. The Labute approximate surface area is 224 Å². The van der Waals surface area contributed by atoms with E-state index in [-0.39, 0.29) is 16.5 Å². The molecule has 0 aromatic heterocycles. The van der Waals surface area contributed by atoms with Gasteiger partial charge in [-0.05, 0) is 82.0 Å². The van der Waals surface area contributed by atoms with Gasteiger partial charge >= 0.3 is 5.97 Å². The summed E-state index contributed by atoms with van der Waals surface area (Å²) in [6, 6.07) is 14.1. The molecule has 2 aromatic rings. The number of hydrogen-bond donors (Lipinski definition) is 1. The van der Waals surface area contributed by atoms with E-state index in [2.05, 4.69) is 12.1 Å². The average Bonchev–Trinajstić information content (AvgIpc) is 2.82. The molecule has 7 heteroatoms. The fraction of sp³-hybridized carbons (Fsp3) is 0.567. The maximum Gasteiger partial charge on any atom is 0.306 e. The molecule has 206 valence electrons. The first kappa shape index (κ1) is 30.8. The Kier molecular flexibility index (Phi) is 13.1. The van der Waals surface area contributed by atoms with Crippen LogP contribution in [-0.2, 0) is 26.0 Å². The molecule has 2 rings (SSSR count). The minimum atomic E-state index is -3.70. The number of carbonyl (C=O) groups excluding carboxylic acids is 1. The van der Waals surface area contributed by atoms with Gasteiger partial charge in [0, 0.05) is 6.42 Å². The Bertz CT molecular complexity index is 1030. The number of nitrogens with two attached hydrogens (primary N) is 1. The SMILES string of the molecule is CC(C)(C)OC(=O)CCCCCCCCCCCCCc1ccc(Oc2ccc(S(N)(=O)=O)cc2)cc1. The van der Waals surface area contributed by atoms with Gasteiger partial charge in [-0.25, -0.2) is 13.6 Å². The van der Waals surface area contributed by atoms with Gasteiger partial charge in [0.25, 0.3) is 0 Å². The summed E-state index contributed by atoms with van der Waals surface area (Å²) < 4.78 is 33.8. The predicted octanol–water partition coefficient (Wildman–Crippen LogP) is 7.69. The largest absolute Gasteiger partial charge is 0.460 e. The summed E-state index contributed by atoms with van der Waals surface area (Å²) in [6.45, 7) is 5.73. The van der Waals surface area contributed by atoms with E-state index in [9.17, 15) is 13.2 Å². The van der Waals surface area contributed by atoms with Crippen molar-refractivity contribution in [1.29, 1.82) is 0 Å². The van der Waals surface area contributed by atoms with Crippen LogP contribution in [0.25, 0.3) is 0 Å². The molecule has 2 aromatic carbocycles. The molecule has 0 aliphatic heterocycles. The van der Waals surface area contributed by atoms with E-state index in [1.54, 1.807) is 12.1 Å². The lowest BCUT2D eigenvalue weighted by molar-refractivity contribution is -0.154. The molecule has 2 N–H and O–H groups in total. The summed E-state index contributed by atoms with van der Waals surface area (Å²) in [6.07, 6.45) is 15.0. The third kappa shape index (κ3) is 14.2. The number of unbranched alkanes of at least 4 members (excludes halogenated alkanes) is 10. The van der Waals surface area contributed by atoms with Crippen LogP contribution in [0.4, 0.5) is 0 Å². The van der Waals surface area contributed by atoms with Crippen molar-refractivity contribution < 1.29 is 22.7 Å². The van der Waals surface area contributed by atoms with Crippen LogP contribution >= 0.6 is 0 Å². The summed E-state index contributed by atoms with van der Waals surface area (Å²) in [7, 11) is -3.70. The van der Waals surface area contributed by atoms with E-state index in [0.29, 0.717) is 12.2 Å². The standard InChI is InChI=1S/C30H45NO5S/c1-30(2,3)36-29(32)16-14-12-10-8-6-4-5-7-9-11-13-15-25-17-19-26(20-18-25)35-27-21-23-28(24-22-27)37(31,33)34/h17-24H,4-16H2,1-3H3,(H2,31,33,34). The van der Waals surface area contributed by atoms with Crippen molar-refractivity contribution in [2.45, 2.75) is 115 Å². The summed E-state index contributed by atoms with van der Waals surface area (Å²) in [4.78, 5) is 11.8. The highest BCUT2D eigenvalue weighted by atomic mass is 32.2. The number of primary sulfonamides is 1. The second-order valence-corrected chi connectivity index (χ2v) is 12.3. The predicted molar refractivity (Wildman–Crippen MR) is 149 cm³/mol. The zero-order valence-electron chi connectivity index (χ0n) is 22.8. The highest BCUT2D eigenvalue weighted by Crippen LogP contribution is 2.23. The van der Waals surface area contributed by atoms with Crippen molar-refractivity contribution in [2.24, 2.45) is 5.14 Å². The van der Waals surface area contributed by atoms with Crippen LogP contribution in [0.2, 0.25) is 0 Å². The summed E-state index contributed by atoms with van der Waals surface area (Å²) >= 11 is 0. The Hall–Kier alpha value is -2.38. The van der Waals surface area contributed by atoms with E-state index in [1.165, 1.54) is 75.5 Å². The van der Waals surface area contributed by atoms with E-state index < -0.39 is 10.0 Å². The zero-order chi connectivity index (χ0) is 27.2. The molecule has 0 aliphatic carbocycles. The highest BCUT2D eigenvalue weighted by molar-refractivity contribution is 7.89. The molecule has 0 heterocycles. The van der Waals surface area contributed by atoms with Crippen molar-refractivity contribution in [2.75, 3.05) is 0 Å². The van der Waals surface area contributed by atoms with Crippen LogP contribution in [0.1, 0.15) is 103 Å². The first-order valence-corrected chi connectivity index (χ1v) is 15.2. The van der Waals surface area contributed by atoms with Gasteiger partial charge in [0.05, 0.1) is 4.90 Å². The normalized spacial score (nSPS) is 11.9. The summed E-state index contributed by atoms with van der Waals surface area (Å²) in [5.74, 6) is 1.21. The molecule has 0 saturated heterocycles. The van der Waals surface area contributed by atoms with Gasteiger partial charge in [-0.15, -0.1) is 0 Å². The number of benzene rings is 2.